The highest BCUT2D eigenvalue weighted by Crippen LogP contribution is 2.31. The first-order valence-electron chi connectivity index (χ1n) is 10.4. The van der Waals surface area contributed by atoms with E-state index < -0.39 is 16.0 Å². The summed E-state index contributed by atoms with van der Waals surface area (Å²) in [5, 5.41) is 13.3. The second-order valence-corrected chi connectivity index (χ2v) is 10.5. The second-order valence-electron chi connectivity index (χ2n) is 7.57. The van der Waals surface area contributed by atoms with Gasteiger partial charge >= 0.3 is 5.97 Å². The summed E-state index contributed by atoms with van der Waals surface area (Å²) in [5.74, 6) is -1.14. The number of hydrogen-bond donors (Lipinski definition) is 3. The van der Waals surface area contributed by atoms with Crippen LogP contribution >= 0.6 is 34.8 Å². The van der Waals surface area contributed by atoms with Crippen LogP contribution in [0.1, 0.15) is 40.7 Å². The van der Waals surface area contributed by atoms with E-state index in [0.717, 1.165) is 18.1 Å². The number of rotatable bonds is 10. The lowest BCUT2D eigenvalue weighted by Crippen LogP contribution is -2.24. The van der Waals surface area contributed by atoms with Gasteiger partial charge in [0.25, 0.3) is 0 Å². The smallest absolute Gasteiger partial charge is 0.337 e. The van der Waals surface area contributed by atoms with Crippen molar-refractivity contribution >= 4 is 56.5 Å². The first kappa shape index (κ1) is 26.3. The molecule has 3 N–H and O–H groups in total. The maximum absolute atomic E-state index is 12.9. The van der Waals surface area contributed by atoms with Crippen LogP contribution in [0.25, 0.3) is 0 Å². The van der Waals surface area contributed by atoms with Crippen molar-refractivity contribution in [2.75, 3.05) is 11.9 Å². The molecule has 180 valence electrons. The number of carbonyl (C=O) groups is 1. The molecule has 0 aliphatic carbocycles. The quantitative estimate of drug-likeness (QED) is 0.275. The predicted molar refractivity (Wildman–Crippen MR) is 137 cm³/mol. The van der Waals surface area contributed by atoms with Crippen LogP contribution in [0.3, 0.4) is 0 Å². The van der Waals surface area contributed by atoms with E-state index in [4.69, 9.17) is 34.8 Å². The lowest BCUT2D eigenvalue weighted by Gasteiger charge is -2.19. The molecule has 1 unspecified atom stereocenters. The average Bonchev–Trinajstić information content (AvgIpc) is 2.81. The van der Waals surface area contributed by atoms with Crippen molar-refractivity contribution in [3.63, 3.8) is 0 Å². The summed E-state index contributed by atoms with van der Waals surface area (Å²) in [6.07, 6.45) is 0.829. The summed E-state index contributed by atoms with van der Waals surface area (Å²) < 4.78 is 28.2. The van der Waals surface area contributed by atoms with Gasteiger partial charge in [0.15, 0.2) is 0 Å². The predicted octanol–water partition coefficient (Wildman–Crippen LogP) is 6.43. The molecule has 1 atom stereocenters. The van der Waals surface area contributed by atoms with Gasteiger partial charge in [0.05, 0.1) is 26.3 Å². The Morgan fingerprint density at radius 2 is 1.71 bits per heavy atom. The van der Waals surface area contributed by atoms with Gasteiger partial charge in [-0.3, -0.25) is 0 Å². The van der Waals surface area contributed by atoms with Crippen molar-refractivity contribution in [2.45, 2.75) is 30.7 Å². The molecule has 0 amide bonds. The van der Waals surface area contributed by atoms with Gasteiger partial charge in [-0.1, -0.05) is 84.2 Å². The molecule has 0 aromatic heterocycles. The zero-order valence-electron chi connectivity index (χ0n) is 18.2. The number of carboxylic acid groups (broad SMARTS) is 1. The van der Waals surface area contributed by atoms with Crippen molar-refractivity contribution in [2.24, 2.45) is 0 Å². The lowest BCUT2D eigenvalue weighted by atomic mass is 9.96. The summed E-state index contributed by atoms with van der Waals surface area (Å²) in [5.41, 5.74) is 1.62. The first-order valence-corrected chi connectivity index (χ1v) is 13.0. The minimum absolute atomic E-state index is 0.107. The number of nitrogens with one attached hydrogen (secondary N) is 2. The van der Waals surface area contributed by atoms with E-state index in [1.165, 1.54) is 6.07 Å². The van der Waals surface area contributed by atoms with E-state index in [2.05, 4.69) is 10.0 Å². The summed E-state index contributed by atoms with van der Waals surface area (Å²) >= 11 is 18.4. The fourth-order valence-corrected chi connectivity index (χ4v) is 5.42. The Kier molecular flexibility index (Phi) is 8.84. The molecular weight excluding hydrogens is 519 g/mol. The number of sulfonamides is 1. The zero-order valence-corrected chi connectivity index (χ0v) is 21.3. The van der Waals surface area contributed by atoms with Gasteiger partial charge in [-0.15, -0.1) is 0 Å². The van der Waals surface area contributed by atoms with Crippen LogP contribution < -0.4 is 10.0 Å². The zero-order chi connectivity index (χ0) is 24.9. The third-order valence-electron chi connectivity index (χ3n) is 5.38. The molecule has 6 nitrogen and oxygen atoms in total. The van der Waals surface area contributed by atoms with Crippen LogP contribution in [0.4, 0.5) is 5.69 Å². The number of hydrogen-bond acceptors (Lipinski definition) is 4. The Morgan fingerprint density at radius 1 is 1.00 bits per heavy atom. The molecule has 34 heavy (non-hydrogen) atoms. The molecule has 0 heterocycles. The number of benzene rings is 3. The van der Waals surface area contributed by atoms with Crippen molar-refractivity contribution in [3.8, 4) is 0 Å². The monoisotopic (exact) mass is 540 g/mol. The topological polar surface area (TPSA) is 95.5 Å². The highest BCUT2D eigenvalue weighted by atomic mass is 35.5. The van der Waals surface area contributed by atoms with Crippen molar-refractivity contribution in [1.29, 1.82) is 0 Å². The molecule has 0 spiro atoms. The van der Waals surface area contributed by atoms with Crippen molar-refractivity contribution in [1.82, 2.24) is 4.72 Å². The van der Waals surface area contributed by atoms with Gasteiger partial charge < -0.3 is 10.4 Å². The molecule has 0 aliphatic rings. The molecule has 3 aromatic carbocycles. The molecular formula is C24H23Cl3N2O4S. The standard InChI is InChI=1S/C24H23Cl3N2O4S/c1-2-15(16-7-4-3-5-8-16)13-28-21-12-20(26)22(11-18(21)24(30)31)34(32,33)29-14-17-9-6-10-19(25)23(17)27/h3-12,15,28-29H,2,13-14H2,1H3,(H,30,31). The van der Waals surface area contributed by atoms with E-state index in [0.29, 0.717) is 17.1 Å². The normalized spacial score (nSPS) is 12.4. The van der Waals surface area contributed by atoms with E-state index in [1.807, 2.05) is 37.3 Å². The minimum Gasteiger partial charge on any atom is -0.478 e. The maximum atomic E-state index is 12.9. The van der Waals surface area contributed by atoms with Crippen molar-refractivity contribution in [3.05, 3.63) is 92.4 Å². The van der Waals surface area contributed by atoms with Gasteiger partial charge in [-0.25, -0.2) is 17.9 Å². The third kappa shape index (κ3) is 6.23. The Bertz CT molecular complexity index is 1280. The van der Waals surface area contributed by atoms with E-state index in [-0.39, 0.29) is 38.7 Å². The van der Waals surface area contributed by atoms with Gasteiger partial charge in [0.1, 0.15) is 4.90 Å². The SMILES string of the molecule is CCC(CNc1cc(Cl)c(S(=O)(=O)NCc2cccc(Cl)c2Cl)cc1C(=O)O)c1ccccc1. The molecule has 0 aliphatic heterocycles. The number of anilines is 1. The lowest BCUT2D eigenvalue weighted by molar-refractivity contribution is 0.0697. The van der Waals surface area contributed by atoms with Gasteiger partial charge in [-0.2, -0.15) is 0 Å². The molecule has 0 radical (unpaired) electrons. The summed E-state index contributed by atoms with van der Waals surface area (Å²) in [4.78, 5) is 11.6. The van der Waals surface area contributed by atoms with Crippen LogP contribution in [0, 0.1) is 0 Å². The fourth-order valence-electron chi connectivity index (χ4n) is 3.47. The number of halogens is 3. The van der Waals surface area contributed by atoms with Crippen LogP contribution in [0.5, 0.6) is 0 Å². The highest BCUT2D eigenvalue weighted by molar-refractivity contribution is 7.89. The minimum atomic E-state index is -4.15. The molecule has 10 heteroatoms. The first-order chi connectivity index (χ1) is 16.1. The van der Waals surface area contributed by atoms with Gasteiger partial charge in [0.2, 0.25) is 10.0 Å². The Hall–Kier alpha value is -2.29. The maximum Gasteiger partial charge on any atom is 0.337 e. The van der Waals surface area contributed by atoms with Crippen LogP contribution in [-0.4, -0.2) is 26.0 Å². The molecule has 0 saturated carbocycles. The highest BCUT2D eigenvalue weighted by Gasteiger charge is 2.24. The number of aromatic carboxylic acids is 1. The Morgan fingerprint density at radius 3 is 2.35 bits per heavy atom. The summed E-state index contributed by atoms with van der Waals surface area (Å²) in [6.45, 7) is 2.35. The summed E-state index contributed by atoms with van der Waals surface area (Å²) in [6, 6.07) is 17.1. The molecule has 3 rings (SSSR count). The van der Waals surface area contributed by atoms with Crippen LogP contribution in [0.2, 0.25) is 15.1 Å². The molecule has 0 bridgehead atoms. The third-order valence-corrected chi connectivity index (χ3v) is 8.10. The van der Waals surface area contributed by atoms with Crippen molar-refractivity contribution < 1.29 is 18.3 Å². The molecule has 3 aromatic rings. The van der Waals surface area contributed by atoms with Crippen LogP contribution in [-0.2, 0) is 16.6 Å². The van der Waals surface area contributed by atoms with E-state index in [9.17, 15) is 18.3 Å². The Balaban J connectivity index is 1.85. The largest absolute Gasteiger partial charge is 0.478 e. The van der Waals surface area contributed by atoms with Gasteiger partial charge in [-0.05, 0) is 35.7 Å². The van der Waals surface area contributed by atoms with Gasteiger partial charge in [0, 0.05) is 19.0 Å². The average molecular weight is 542 g/mol. The Labute approximate surface area is 213 Å². The van der Waals surface area contributed by atoms with E-state index in [1.54, 1.807) is 18.2 Å². The molecule has 0 saturated heterocycles. The second kappa shape index (κ2) is 11.4. The number of carboxylic acids is 1. The fraction of sp³-hybridized carbons (Fsp3) is 0.208. The van der Waals surface area contributed by atoms with E-state index >= 15 is 0 Å². The summed E-state index contributed by atoms with van der Waals surface area (Å²) in [7, 11) is -4.15. The van der Waals surface area contributed by atoms with Crippen LogP contribution in [0.15, 0.2) is 65.6 Å². The molecule has 0 fully saturated rings.